The fraction of sp³-hybridized carbons (Fsp3) is 0.643. The van der Waals surface area contributed by atoms with Crippen LogP contribution < -0.4 is 10.2 Å². The number of halogens is 3. The quantitative estimate of drug-likeness (QED) is 0.835. The minimum atomic E-state index is -4.21. The summed E-state index contributed by atoms with van der Waals surface area (Å²) in [4.78, 5) is 5.33. The van der Waals surface area contributed by atoms with Crippen LogP contribution in [0.3, 0.4) is 0 Å². The van der Waals surface area contributed by atoms with Gasteiger partial charge in [0.2, 0.25) is 0 Å². The van der Waals surface area contributed by atoms with E-state index >= 15 is 0 Å². The van der Waals surface area contributed by atoms with Gasteiger partial charge >= 0.3 is 6.18 Å². The summed E-state index contributed by atoms with van der Waals surface area (Å²) in [6, 6.07) is 3.45. The van der Waals surface area contributed by atoms with Crippen molar-refractivity contribution in [2.45, 2.75) is 33.5 Å². The van der Waals surface area contributed by atoms with Gasteiger partial charge in [-0.3, -0.25) is 0 Å². The van der Waals surface area contributed by atoms with Crippen LogP contribution in [0.15, 0.2) is 18.3 Å². The van der Waals surface area contributed by atoms with E-state index in [1.54, 1.807) is 19.2 Å². The molecule has 1 aromatic heterocycles. The van der Waals surface area contributed by atoms with E-state index in [9.17, 15) is 13.2 Å². The molecule has 0 aliphatic rings. The van der Waals surface area contributed by atoms with Crippen molar-refractivity contribution in [2.24, 2.45) is 5.92 Å². The first-order valence-electron chi connectivity index (χ1n) is 6.79. The molecule has 6 heteroatoms. The third-order valence-electron chi connectivity index (χ3n) is 2.77. The summed E-state index contributed by atoms with van der Waals surface area (Å²) >= 11 is 0. The maximum atomic E-state index is 12.4. The van der Waals surface area contributed by atoms with Gasteiger partial charge in [-0.25, -0.2) is 4.98 Å². The van der Waals surface area contributed by atoms with E-state index < -0.39 is 12.7 Å². The average molecular weight is 289 g/mol. The first-order chi connectivity index (χ1) is 9.31. The molecular weight excluding hydrogens is 267 g/mol. The van der Waals surface area contributed by atoms with E-state index in [-0.39, 0.29) is 6.54 Å². The summed E-state index contributed by atoms with van der Waals surface area (Å²) in [5.41, 5.74) is 0.970. The molecule has 1 rings (SSSR count). The Hall–Kier alpha value is -1.30. The number of aromatic nitrogens is 1. The zero-order valence-electron chi connectivity index (χ0n) is 12.2. The standard InChI is InChI=1S/C14H22F3N3/c1-4-20(10-14(15,16)17)13-6-5-12(9-19-13)8-18-7-11(2)3/h5-6,9,11,18H,4,7-8,10H2,1-3H3. The van der Waals surface area contributed by atoms with Gasteiger partial charge < -0.3 is 10.2 Å². The van der Waals surface area contributed by atoms with Crippen LogP contribution >= 0.6 is 0 Å². The Morgan fingerprint density at radius 3 is 2.45 bits per heavy atom. The summed E-state index contributed by atoms with van der Waals surface area (Å²) in [5, 5.41) is 3.27. The number of anilines is 1. The molecule has 0 fully saturated rings. The van der Waals surface area contributed by atoms with Gasteiger partial charge in [0.05, 0.1) is 0 Å². The summed E-state index contributed by atoms with van der Waals surface area (Å²) in [6.07, 6.45) is -2.59. The SMILES string of the molecule is CCN(CC(F)(F)F)c1ccc(CNCC(C)C)cn1. The third-order valence-corrected chi connectivity index (χ3v) is 2.77. The van der Waals surface area contributed by atoms with Gasteiger partial charge in [0.25, 0.3) is 0 Å². The molecule has 0 aromatic carbocycles. The van der Waals surface area contributed by atoms with Crippen molar-refractivity contribution in [3.8, 4) is 0 Å². The number of rotatable bonds is 7. The fourth-order valence-corrected chi connectivity index (χ4v) is 1.78. The maximum Gasteiger partial charge on any atom is 0.405 e. The van der Waals surface area contributed by atoms with Crippen LogP contribution in [0.4, 0.5) is 19.0 Å². The molecule has 0 bridgehead atoms. The lowest BCUT2D eigenvalue weighted by Gasteiger charge is -2.23. The highest BCUT2D eigenvalue weighted by Gasteiger charge is 2.30. The molecule has 114 valence electrons. The van der Waals surface area contributed by atoms with Gasteiger partial charge in [-0.2, -0.15) is 13.2 Å². The van der Waals surface area contributed by atoms with Crippen molar-refractivity contribution in [2.75, 3.05) is 24.5 Å². The van der Waals surface area contributed by atoms with Crippen molar-refractivity contribution in [3.63, 3.8) is 0 Å². The van der Waals surface area contributed by atoms with E-state index in [1.807, 2.05) is 6.07 Å². The predicted molar refractivity (Wildman–Crippen MR) is 74.7 cm³/mol. The summed E-state index contributed by atoms with van der Waals surface area (Å²) in [5.74, 6) is 0.919. The van der Waals surface area contributed by atoms with Gasteiger partial charge in [0, 0.05) is 19.3 Å². The minimum absolute atomic E-state index is 0.275. The minimum Gasteiger partial charge on any atom is -0.348 e. The second-order valence-corrected chi connectivity index (χ2v) is 5.18. The first kappa shape index (κ1) is 16.8. The zero-order chi connectivity index (χ0) is 15.2. The molecule has 1 N–H and O–H groups in total. The van der Waals surface area contributed by atoms with E-state index in [1.165, 1.54) is 4.90 Å². The number of hydrogen-bond donors (Lipinski definition) is 1. The predicted octanol–water partition coefficient (Wildman–Crippen LogP) is 3.22. The van der Waals surface area contributed by atoms with Crippen LogP contribution in [-0.4, -0.2) is 30.8 Å². The van der Waals surface area contributed by atoms with Crippen molar-refractivity contribution in [1.82, 2.24) is 10.3 Å². The Labute approximate surface area is 118 Å². The smallest absolute Gasteiger partial charge is 0.348 e. The Morgan fingerprint density at radius 2 is 2.00 bits per heavy atom. The molecule has 20 heavy (non-hydrogen) atoms. The van der Waals surface area contributed by atoms with Crippen molar-refractivity contribution < 1.29 is 13.2 Å². The summed E-state index contributed by atoms with van der Waals surface area (Å²) in [6.45, 7) is 6.80. The topological polar surface area (TPSA) is 28.2 Å². The first-order valence-corrected chi connectivity index (χ1v) is 6.79. The lowest BCUT2D eigenvalue weighted by molar-refractivity contribution is -0.119. The highest BCUT2D eigenvalue weighted by molar-refractivity contribution is 5.39. The zero-order valence-corrected chi connectivity index (χ0v) is 12.2. The fourth-order valence-electron chi connectivity index (χ4n) is 1.78. The molecule has 0 saturated heterocycles. The lowest BCUT2D eigenvalue weighted by Crippen LogP contribution is -2.34. The number of hydrogen-bond acceptors (Lipinski definition) is 3. The lowest BCUT2D eigenvalue weighted by atomic mass is 10.2. The molecule has 3 nitrogen and oxygen atoms in total. The molecule has 0 spiro atoms. The van der Waals surface area contributed by atoms with Crippen LogP contribution in [0.2, 0.25) is 0 Å². The van der Waals surface area contributed by atoms with Gasteiger partial charge in [-0.05, 0) is 31.0 Å². The van der Waals surface area contributed by atoms with Crippen LogP contribution in [0.5, 0.6) is 0 Å². The Bertz CT molecular complexity index is 388. The average Bonchev–Trinajstić information content (AvgIpc) is 2.35. The van der Waals surface area contributed by atoms with Gasteiger partial charge in [-0.15, -0.1) is 0 Å². The molecule has 0 unspecified atom stereocenters. The molecule has 0 aliphatic carbocycles. The largest absolute Gasteiger partial charge is 0.405 e. The van der Waals surface area contributed by atoms with Crippen LogP contribution in [-0.2, 0) is 6.54 Å². The van der Waals surface area contributed by atoms with Gasteiger partial charge in [0.1, 0.15) is 12.4 Å². The molecule has 0 amide bonds. The summed E-state index contributed by atoms with van der Waals surface area (Å²) in [7, 11) is 0. The third kappa shape index (κ3) is 6.23. The highest BCUT2D eigenvalue weighted by atomic mass is 19.4. The van der Waals surface area contributed by atoms with E-state index in [0.717, 1.165) is 12.1 Å². The van der Waals surface area contributed by atoms with Crippen molar-refractivity contribution >= 4 is 5.82 Å². The Morgan fingerprint density at radius 1 is 1.30 bits per heavy atom. The number of nitrogens with one attached hydrogen (secondary N) is 1. The Kier molecular flexibility index (Phi) is 6.26. The van der Waals surface area contributed by atoms with Gasteiger partial charge in [-0.1, -0.05) is 19.9 Å². The van der Waals surface area contributed by atoms with Crippen molar-refractivity contribution in [1.29, 1.82) is 0 Å². The van der Waals surface area contributed by atoms with Crippen LogP contribution in [0.1, 0.15) is 26.3 Å². The van der Waals surface area contributed by atoms with E-state index in [0.29, 0.717) is 18.3 Å². The normalized spacial score (nSPS) is 11.9. The molecule has 0 atom stereocenters. The number of nitrogens with zero attached hydrogens (tertiary/aromatic N) is 2. The number of alkyl halides is 3. The molecule has 1 aromatic rings. The molecule has 0 aliphatic heterocycles. The Balaban J connectivity index is 2.60. The molecule has 0 saturated carbocycles. The second kappa shape index (κ2) is 7.47. The maximum absolute atomic E-state index is 12.4. The van der Waals surface area contributed by atoms with E-state index in [2.05, 4.69) is 24.1 Å². The van der Waals surface area contributed by atoms with Gasteiger partial charge in [0.15, 0.2) is 0 Å². The summed E-state index contributed by atoms with van der Waals surface area (Å²) < 4.78 is 37.3. The van der Waals surface area contributed by atoms with E-state index in [4.69, 9.17) is 0 Å². The molecule has 1 heterocycles. The van der Waals surface area contributed by atoms with Crippen LogP contribution in [0, 0.1) is 5.92 Å². The highest BCUT2D eigenvalue weighted by Crippen LogP contribution is 2.20. The van der Waals surface area contributed by atoms with Crippen molar-refractivity contribution in [3.05, 3.63) is 23.9 Å². The van der Waals surface area contributed by atoms with Crippen LogP contribution in [0.25, 0.3) is 0 Å². The molecular formula is C14H22F3N3. The monoisotopic (exact) mass is 289 g/mol. The molecule has 0 radical (unpaired) electrons. The second-order valence-electron chi connectivity index (χ2n) is 5.18. The number of pyridine rings is 1.